The molecular formula is C9H12Cl3O4P. The molecule has 0 aliphatic heterocycles. The van der Waals surface area contributed by atoms with Crippen molar-refractivity contribution in [2.24, 2.45) is 0 Å². The molecule has 0 radical (unpaired) electrons. The van der Waals surface area contributed by atoms with Gasteiger partial charge < -0.3 is 13.6 Å². The fourth-order valence-electron chi connectivity index (χ4n) is 0.486. The van der Waals surface area contributed by atoms with Crippen molar-refractivity contribution in [1.82, 2.24) is 0 Å². The van der Waals surface area contributed by atoms with E-state index < -0.39 is 7.82 Å². The molecule has 0 amide bonds. The maximum Gasteiger partial charge on any atom is 0.645 e. The van der Waals surface area contributed by atoms with Gasteiger partial charge in [0, 0.05) is 0 Å². The molecule has 0 N–H and O–H groups in total. The second-order valence-corrected chi connectivity index (χ2v) is 6.19. The predicted molar refractivity (Wildman–Crippen MR) is 69.7 cm³/mol. The Morgan fingerprint density at radius 3 is 1.24 bits per heavy atom. The van der Waals surface area contributed by atoms with Crippen LogP contribution < -0.4 is 0 Å². The van der Waals surface area contributed by atoms with Gasteiger partial charge in [0.15, 0.2) is 0 Å². The molecule has 0 saturated carbocycles. The highest BCUT2D eigenvalue weighted by Gasteiger charge is 2.28. The molecule has 0 aliphatic carbocycles. The zero-order chi connectivity index (χ0) is 13.5. The molecule has 8 heteroatoms. The summed E-state index contributed by atoms with van der Waals surface area (Å²) in [5, 5.41) is 0.821. The van der Waals surface area contributed by atoms with Gasteiger partial charge >= 0.3 is 7.82 Å². The first-order valence-corrected chi connectivity index (χ1v) is 6.96. The second kappa shape index (κ2) is 7.93. The normalized spacial score (nSPS) is 17.4. The zero-order valence-corrected chi connectivity index (χ0v) is 12.6. The quantitative estimate of drug-likeness (QED) is 0.482. The summed E-state index contributed by atoms with van der Waals surface area (Å²) in [6.07, 6.45) is 3.12. The number of phosphoric acid groups is 1. The van der Waals surface area contributed by atoms with Crippen molar-refractivity contribution in [2.75, 3.05) is 0 Å². The number of allylic oxidation sites excluding steroid dienone is 3. The lowest BCUT2D eigenvalue weighted by Gasteiger charge is -2.13. The Hall–Kier alpha value is -0.280. The molecule has 0 aromatic carbocycles. The molecule has 0 aromatic rings. The molecule has 0 aromatic heterocycles. The first kappa shape index (κ1) is 16.7. The maximum atomic E-state index is 12.0. The molecule has 0 rings (SSSR count). The van der Waals surface area contributed by atoms with Crippen LogP contribution in [0.25, 0.3) is 0 Å². The van der Waals surface area contributed by atoms with Crippen LogP contribution in [0.5, 0.6) is 0 Å². The van der Waals surface area contributed by atoms with Crippen molar-refractivity contribution < 1.29 is 18.1 Å². The van der Waals surface area contributed by atoms with E-state index in [1.807, 2.05) is 0 Å². The average molecular weight is 322 g/mol. The van der Waals surface area contributed by atoms with Gasteiger partial charge in [-0.2, -0.15) is 4.57 Å². The largest absolute Gasteiger partial charge is 0.645 e. The lowest BCUT2D eigenvalue weighted by molar-refractivity contribution is 0.229. The monoisotopic (exact) mass is 320 g/mol. The predicted octanol–water partition coefficient (Wildman–Crippen LogP) is 5.44. The fourth-order valence-corrected chi connectivity index (χ4v) is 1.82. The lowest BCUT2D eigenvalue weighted by Crippen LogP contribution is -1.89. The van der Waals surface area contributed by atoms with Gasteiger partial charge in [-0.05, 0) is 20.8 Å². The number of hydrogen-bond donors (Lipinski definition) is 0. The van der Waals surface area contributed by atoms with Crippen molar-refractivity contribution in [3.63, 3.8) is 0 Å². The Bertz CT molecular complexity index is 321. The summed E-state index contributed by atoms with van der Waals surface area (Å²) < 4.78 is 26.4. The van der Waals surface area contributed by atoms with Crippen LogP contribution in [0.2, 0.25) is 0 Å². The zero-order valence-electron chi connectivity index (χ0n) is 9.45. The van der Waals surface area contributed by atoms with E-state index in [1.54, 1.807) is 0 Å². The highest BCUT2D eigenvalue weighted by atomic mass is 35.5. The second-order valence-electron chi connectivity index (χ2n) is 2.88. The molecule has 0 fully saturated rings. The van der Waals surface area contributed by atoms with Crippen LogP contribution in [0.1, 0.15) is 20.8 Å². The van der Waals surface area contributed by atoms with E-state index in [9.17, 15) is 4.57 Å². The first-order valence-electron chi connectivity index (χ1n) is 4.37. The van der Waals surface area contributed by atoms with Crippen molar-refractivity contribution >= 4 is 42.6 Å². The number of halogens is 3. The molecule has 98 valence electrons. The smallest absolute Gasteiger partial charge is 0.393 e. The van der Waals surface area contributed by atoms with E-state index >= 15 is 0 Å². The van der Waals surface area contributed by atoms with Gasteiger partial charge in [0.1, 0.15) is 18.8 Å². The standard InChI is InChI=1S/C9H12Cl3O4P/c1-7(10)4-14-17(13,15-5-8(2)11)16-6-9(3)12/h4-6H,1-3H3. The highest BCUT2D eigenvalue weighted by molar-refractivity contribution is 7.48. The molecule has 0 unspecified atom stereocenters. The molecule has 0 aliphatic rings. The topological polar surface area (TPSA) is 44.8 Å². The van der Waals surface area contributed by atoms with Gasteiger partial charge in [-0.15, -0.1) is 0 Å². The maximum absolute atomic E-state index is 12.0. The minimum Gasteiger partial charge on any atom is -0.393 e. The molecule has 0 heterocycles. The van der Waals surface area contributed by atoms with Gasteiger partial charge in [0.2, 0.25) is 0 Å². The van der Waals surface area contributed by atoms with Crippen LogP contribution in [-0.4, -0.2) is 0 Å². The molecular weight excluding hydrogens is 309 g/mol. The Morgan fingerprint density at radius 1 is 0.824 bits per heavy atom. The van der Waals surface area contributed by atoms with Crippen LogP contribution in [0.15, 0.2) is 33.9 Å². The Kier molecular flexibility index (Phi) is 7.80. The lowest BCUT2D eigenvalue weighted by atomic mass is 10.7. The molecule has 0 atom stereocenters. The van der Waals surface area contributed by atoms with Crippen molar-refractivity contribution in [3.05, 3.63) is 33.9 Å². The minimum absolute atomic E-state index is 0.274. The number of phosphoric ester groups is 1. The summed E-state index contributed by atoms with van der Waals surface area (Å²) in [5.41, 5.74) is 0. The van der Waals surface area contributed by atoms with Gasteiger partial charge in [-0.3, -0.25) is 0 Å². The minimum atomic E-state index is -3.86. The fraction of sp³-hybridized carbons (Fsp3) is 0.333. The average Bonchev–Trinajstić information content (AvgIpc) is 2.21. The van der Waals surface area contributed by atoms with Crippen LogP contribution >= 0.6 is 42.6 Å². The van der Waals surface area contributed by atoms with E-state index in [1.165, 1.54) is 20.8 Å². The summed E-state index contributed by atoms with van der Waals surface area (Å²) in [5.74, 6) is 0. The van der Waals surface area contributed by atoms with E-state index in [4.69, 9.17) is 48.4 Å². The molecule has 4 nitrogen and oxygen atoms in total. The summed E-state index contributed by atoms with van der Waals surface area (Å²) in [7, 11) is -3.86. The van der Waals surface area contributed by atoms with Gasteiger partial charge in [-0.1, -0.05) is 34.8 Å². The number of hydrogen-bond acceptors (Lipinski definition) is 4. The third kappa shape index (κ3) is 9.42. The van der Waals surface area contributed by atoms with Gasteiger partial charge in [-0.25, -0.2) is 0 Å². The van der Waals surface area contributed by atoms with Crippen LogP contribution in [0.3, 0.4) is 0 Å². The first-order chi connectivity index (χ1) is 7.75. The summed E-state index contributed by atoms with van der Waals surface area (Å²) in [6, 6.07) is 0. The van der Waals surface area contributed by atoms with Gasteiger partial charge in [0.05, 0.1) is 15.1 Å². The SMILES string of the molecule is CC(Cl)=COP(=O)(OC=C(C)Cl)OC=C(C)Cl. The Morgan fingerprint density at radius 2 is 1.06 bits per heavy atom. The van der Waals surface area contributed by atoms with Crippen LogP contribution in [0.4, 0.5) is 0 Å². The van der Waals surface area contributed by atoms with Crippen molar-refractivity contribution in [1.29, 1.82) is 0 Å². The highest BCUT2D eigenvalue weighted by Crippen LogP contribution is 2.51. The summed E-state index contributed by atoms with van der Waals surface area (Å²) in [4.78, 5) is 0. The van der Waals surface area contributed by atoms with Crippen molar-refractivity contribution in [3.8, 4) is 0 Å². The molecule has 0 saturated heterocycles. The van der Waals surface area contributed by atoms with Crippen LogP contribution in [0, 0.1) is 0 Å². The van der Waals surface area contributed by atoms with E-state index in [0.29, 0.717) is 0 Å². The summed E-state index contributed by atoms with van der Waals surface area (Å²) in [6.45, 7) is 4.62. The Labute approximate surface area is 115 Å². The Balaban J connectivity index is 4.81. The van der Waals surface area contributed by atoms with Crippen LogP contribution in [-0.2, 0) is 18.1 Å². The third-order valence-corrected chi connectivity index (χ3v) is 2.39. The van der Waals surface area contributed by atoms with Crippen molar-refractivity contribution in [2.45, 2.75) is 20.8 Å². The molecule has 17 heavy (non-hydrogen) atoms. The van der Waals surface area contributed by atoms with E-state index in [2.05, 4.69) is 0 Å². The third-order valence-electron chi connectivity index (χ3n) is 1.03. The molecule has 0 spiro atoms. The van der Waals surface area contributed by atoms with E-state index in [-0.39, 0.29) is 15.1 Å². The molecule has 0 bridgehead atoms. The van der Waals surface area contributed by atoms with E-state index in [0.717, 1.165) is 18.8 Å². The van der Waals surface area contributed by atoms with Gasteiger partial charge in [0.25, 0.3) is 0 Å². The number of rotatable bonds is 6. The summed E-state index contributed by atoms with van der Waals surface area (Å²) >= 11 is 16.6.